The van der Waals surface area contributed by atoms with E-state index in [0.29, 0.717) is 0 Å². The van der Waals surface area contributed by atoms with Crippen LogP contribution in [0.2, 0.25) is 0 Å². The number of alkyl halides is 1. The van der Waals surface area contributed by atoms with Crippen molar-refractivity contribution in [1.82, 2.24) is 0 Å². The summed E-state index contributed by atoms with van der Waals surface area (Å²) in [6.07, 6.45) is 20.0. The van der Waals surface area contributed by atoms with Gasteiger partial charge in [-0.1, -0.05) is 110 Å². The summed E-state index contributed by atoms with van der Waals surface area (Å²) in [4.78, 5) is 0. The van der Waals surface area contributed by atoms with Gasteiger partial charge in [0, 0.05) is 5.33 Å². The fourth-order valence-electron chi connectivity index (χ4n) is 6.64. The molecule has 2 aliphatic rings. The smallest absolute Gasteiger partial charge is 0.00344 e. The molecule has 0 saturated heterocycles. The number of aryl methyl sites for hydroxylation is 1. The molecular formula is C32H45Br. The fourth-order valence-corrected chi connectivity index (χ4v) is 6.92. The van der Waals surface area contributed by atoms with Crippen LogP contribution in [0.25, 0.3) is 11.1 Å². The first-order valence-corrected chi connectivity index (χ1v) is 15.1. The highest BCUT2D eigenvalue weighted by molar-refractivity contribution is 9.09. The van der Waals surface area contributed by atoms with Gasteiger partial charge < -0.3 is 0 Å². The summed E-state index contributed by atoms with van der Waals surface area (Å²) in [6.45, 7) is 2.33. The van der Waals surface area contributed by atoms with Gasteiger partial charge >= 0.3 is 0 Å². The standard InChI is InChI=1S/C32H45Br/c1-2-3-4-6-25-8-12-27(13-9-25)29-16-20-31(21-17-29)32-22-18-30(19-23-32)28-14-10-26(11-15-28)7-5-24-33/h10-11,14-15,18-19,22-23,25,27,29,31H,2-9,12-13,16-17,20-21,24H2,1H3/t25-,27-,29-,31-. The minimum atomic E-state index is 0.785. The molecule has 33 heavy (non-hydrogen) atoms. The number of unbranched alkanes of at least 4 members (excludes halogenated alkanes) is 2. The van der Waals surface area contributed by atoms with Crippen LogP contribution in [-0.4, -0.2) is 5.33 Å². The highest BCUT2D eigenvalue weighted by Gasteiger charge is 2.31. The SMILES string of the molecule is CCCCC[C@H]1CC[C@H]([C@H]2CC[C@H](c3ccc(-c4ccc(CCCBr)cc4)cc3)CC2)CC1. The van der Waals surface area contributed by atoms with Crippen molar-refractivity contribution >= 4 is 15.9 Å². The molecule has 0 atom stereocenters. The predicted octanol–water partition coefficient (Wildman–Crippen LogP) is 10.3. The lowest BCUT2D eigenvalue weighted by Gasteiger charge is -2.38. The Kier molecular flexibility index (Phi) is 9.95. The van der Waals surface area contributed by atoms with Crippen molar-refractivity contribution in [3.63, 3.8) is 0 Å². The molecule has 2 saturated carbocycles. The van der Waals surface area contributed by atoms with E-state index in [-0.39, 0.29) is 0 Å². The molecule has 0 aromatic heterocycles. The van der Waals surface area contributed by atoms with Crippen molar-refractivity contribution in [2.45, 2.75) is 103 Å². The van der Waals surface area contributed by atoms with E-state index < -0.39 is 0 Å². The maximum atomic E-state index is 3.53. The Morgan fingerprint density at radius 3 is 1.82 bits per heavy atom. The largest absolute Gasteiger partial charge is 0.0928 e. The zero-order valence-electron chi connectivity index (χ0n) is 20.9. The summed E-state index contributed by atoms with van der Waals surface area (Å²) in [5.41, 5.74) is 5.72. The van der Waals surface area contributed by atoms with Crippen molar-refractivity contribution in [3.05, 3.63) is 59.7 Å². The number of rotatable bonds is 10. The van der Waals surface area contributed by atoms with Gasteiger partial charge in [0.25, 0.3) is 0 Å². The zero-order valence-corrected chi connectivity index (χ0v) is 22.5. The van der Waals surface area contributed by atoms with Crippen molar-refractivity contribution < 1.29 is 0 Å². The van der Waals surface area contributed by atoms with E-state index in [4.69, 9.17) is 0 Å². The molecule has 0 nitrogen and oxygen atoms in total. The Morgan fingerprint density at radius 2 is 1.24 bits per heavy atom. The van der Waals surface area contributed by atoms with Crippen LogP contribution in [0.4, 0.5) is 0 Å². The van der Waals surface area contributed by atoms with E-state index in [9.17, 15) is 0 Å². The van der Waals surface area contributed by atoms with Crippen LogP contribution in [0.1, 0.15) is 107 Å². The summed E-state index contributed by atoms with van der Waals surface area (Å²) in [5.74, 6) is 3.88. The molecule has 4 rings (SSSR count). The molecule has 0 bridgehead atoms. The Balaban J connectivity index is 1.23. The predicted molar refractivity (Wildman–Crippen MR) is 148 cm³/mol. The van der Waals surface area contributed by atoms with Gasteiger partial charge in [-0.3, -0.25) is 0 Å². The highest BCUT2D eigenvalue weighted by atomic mass is 79.9. The second-order valence-corrected chi connectivity index (χ2v) is 11.8. The third-order valence-corrected chi connectivity index (χ3v) is 9.38. The lowest BCUT2D eigenvalue weighted by molar-refractivity contribution is 0.155. The van der Waals surface area contributed by atoms with Crippen LogP contribution in [0.5, 0.6) is 0 Å². The summed E-state index contributed by atoms with van der Waals surface area (Å²) < 4.78 is 0. The maximum absolute atomic E-state index is 3.53. The monoisotopic (exact) mass is 508 g/mol. The molecule has 2 fully saturated rings. The second kappa shape index (κ2) is 13.1. The van der Waals surface area contributed by atoms with Gasteiger partial charge in [0.1, 0.15) is 0 Å². The molecule has 0 aliphatic heterocycles. The highest BCUT2D eigenvalue weighted by Crippen LogP contribution is 2.44. The molecule has 2 aromatic rings. The molecule has 0 heterocycles. The first-order chi connectivity index (χ1) is 16.3. The molecule has 0 amide bonds. The quantitative estimate of drug-likeness (QED) is 0.221. The molecule has 2 aromatic carbocycles. The maximum Gasteiger partial charge on any atom is 0.00344 e. The topological polar surface area (TPSA) is 0 Å². The summed E-state index contributed by atoms with van der Waals surface area (Å²) in [6, 6.07) is 18.7. The Bertz CT molecular complexity index is 789. The van der Waals surface area contributed by atoms with Gasteiger partial charge in [0.05, 0.1) is 0 Å². The second-order valence-electron chi connectivity index (χ2n) is 11.0. The average molecular weight is 510 g/mol. The lowest BCUT2D eigenvalue weighted by atomic mass is 9.68. The number of benzene rings is 2. The zero-order chi connectivity index (χ0) is 22.9. The normalized spacial score (nSPS) is 25.8. The van der Waals surface area contributed by atoms with Crippen LogP contribution in [0, 0.1) is 17.8 Å². The van der Waals surface area contributed by atoms with E-state index >= 15 is 0 Å². The minimum Gasteiger partial charge on any atom is -0.0928 e. The van der Waals surface area contributed by atoms with E-state index in [1.165, 1.54) is 100 Å². The van der Waals surface area contributed by atoms with Crippen molar-refractivity contribution in [2.75, 3.05) is 5.33 Å². The molecule has 0 radical (unpaired) electrons. The van der Waals surface area contributed by atoms with Gasteiger partial charge in [0.15, 0.2) is 0 Å². The van der Waals surface area contributed by atoms with Crippen LogP contribution in [-0.2, 0) is 6.42 Å². The Morgan fingerprint density at radius 1 is 0.667 bits per heavy atom. The molecule has 2 aliphatic carbocycles. The van der Waals surface area contributed by atoms with E-state index in [2.05, 4.69) is 71.4 Å². The number of halogens is 1. The van der Waals surface area contributed by atoms with Crippen LogP contribution < -0.4 is 0 Å². The van der Waals surface area contributed by atoms with Gasteiger partial charge in [-0.15, -0.1) is 0 Å². The molecule has 1 heteroatoms. The molecule has 0 spiro atoms. The third-order valence-electron chi connectivity index (χ3n) is 8.81. The van der Waals surface area contributed by atoms with Crippen molar-refractivity contribution in [3.8, 4) is 11.1 Å². The Hall–Kier alpha value is -1.08. The molecule has 180 valence electrons. The third kappa shape index (κ3) is 7.20. The summed E-state index contributed by atoms with van der Waals surface area (Å²) in [5, 5.41) is 1.08. The molecule has 0 N–H and O–H groups in total. The fraction of sp³-hybridized carbons (Fsp3) is 0.625. The van der Waals surface area contributed by atoms with E-state index in [1.807, 2.05) is 0 Å². The number of hydrogen-bond donors (Lipinski definition) is 0. The van der Waals surface area contributed by atoms with Crippen LogP contribution in [0.15, 0.2) is 48.5 Å². The van der Waals surface area contributed by atoms with Crippen molar-refractivity contribution in [1.29, 1.82) is 0 Å². The average Bonchev–Trinajstić information content (AvgIpc) is 2.89. The first-order valence-electron chi connectivity index (χ1n) is 14.0. The molecular weight excluding hydrogens is 464 g/mol. The van der Waals surface area contributed by atoms with Gasteiger partial charge in [0.2, 0.25) is 0 Å². The summed E-state index contributed by atoms with van der Waals surface area (Å²) in [7, 11) is 0. The Labute approximate surface area is 212 Å². The van der Waals surface area contributed by atoms with Crippen molar-refractivity contribution in [2.24, 2.45) is 17.8 Å². The van der Waals surface area contributed by atoms with E-state index in [0.717, 1.165) is 35.4 Å². The summed E-state index contributed by atoms with van der Waals surface area (Å²) >= 11 is 3.53. The van der Waals surface area contributed by atoms with Gasteiger partial charge in [-0.2, -0.15) is 0 Å². The first kappa shape index (κ1) is 25.0. The minimum absolute atomic E-state index is 0.785. The van der Waals surface area contributed by atoms with Crippen LogP contribution in [0.3, 0.4) is 0 Å². The van der Waals surface area contributed by atoms with Gasteiger partial charge in [-0.05, 0) is 97.3 Å². The molecule has 0 unspecified atom stereocenters. The lowest BCUT2D eigenvalue weighted by Crippen LogP contribution is -2.25. The van der Waals surface area contributed by atoms with Crippen LogP contribution >= 0.6 is 15.9 Å². The van der Waals surface area contributed by atoms with E-state index in [1.54, 1.807) is 5.56 Å². The van der Waals surface area contributed by atoms with Gasteiger partial charge in [-0.25, -0.2) is 0 Å². The number of hydrogen-bond acceptors (Lipinski definition) is 0.